The molecule has 0 bridgehead atoms. The quantitative estimate of drug-likeness (QED) is 0.654. The van der Waals surface area contributed by atoms with Gasteiger partial charge in [-0.25, -0.2) is 0 Å². The molecule has 0 saturated carbocycles. The Kier molecular flexibility index (Phi) is 3.50. The SMILES string of the molecule is CC1(C(N)CCO)CCOCC1. The van der Waals surface area contributed by atoms with Gasteiger partial charge in [0, 0.05) is 25.9 Å². The smallest absolute Gasteiger partial charge is 0.0471 e. The van der Waals surface area contributed by atoms with Gasteiger partial charge in [0.1, 0.15) is 0 Å². The Balaban J connectivity index is 2.44. The summed E-state index contributed by atoms with van der Waals surface area (Å²) in [6, 6.07) is 0.117. The molecule has 0 aromatic heterocycles. The summed E-state index contributed by atoms with van der Waals surface area (Å²) in [6.07, 6.45) is 2.75. The third-order valence-corrected chi connectivity index (χ3v) is 2.97. The Labute approximate surface area is 73.9 Å². The molecule has 0 radical (unpaired) electrons. The monoisotopic (exact) mass is 173 g/mol. The lowest BCUT2D eigenvalue weighted by atomic mass is 9.75. The second kappa shape index (κ2) is 4.21. The van der Waals surface area contributed by atoms with E-state index in [1.54, 1.807) is 0 Å². The van der Waals surface area contributed by atoms with Crippen LogP contribution in [0.1, 0.15) is 26.2 Å². The standard InChI is InChI=1S/C9H19NO2/c1-9(8(10)2-5-11)3-6-12-7-4-9/h8,11H,2-7,10H2,1H3. The van der Waals surface area contributed by atoms with Crippen LogP contribution in [0.5, 0.6) is 0 Å². The highest BCUT2D eigenvalue weighted by Gasteiger charge is 2.32. The minimum absolute atomic E-state index is 0.117. The highest BCUT2D eigenvalue weighted by molar-refractivity contribution is 4.86. The molecule has 0 aliphatic carbocycles. The van der Waals surface area contributed by atoms with E-state index in [9.17, 15) is 0 Å². The molecular formula is C9H19NO2. The molecule has 1 unspecified atom stereocenters. The average Bonchev–Trinajstić information content (AvgIpc) is 2.06. The molecule has 0 aromatic rings. The number of aliphatic hydroxyl groups is 1. The summed E-state index contributed by atoms with van der Waals surface area (Å²) in [6.45, 7) is 4.01. The summed E-state index contributed by atoms with van der Waals surface area (Å²) >= 11 is 0. The van der Waals surface area contributed by atoms with Crippen LogP contribution in [0.4, 0.5) is 0 Å². The molecule has 0 spiro atoms. The van der Waals surface area contributed by atoms with Crippen LogP contribution < -0.4 is 5.73 Å². The van der Waals surface area contributed by atoms with Gasteiger partial charge in [0.25, 0.3) is 0 Å². The van der Waals surface area contributed by atoms with Gasteiger partial charge in [0.05, 0.1) is 0 Å². The maximum atomic E-state index is 8.77. The van der Waals surface area contributed by atoms with E-state index in [0.29, 0.717) is 6.42 Å². The topological polar surface area (TPSA) is 55.5 Å². The van der Waals surface area contributed by atoms with E-state index in [2.05, 4.69) is 6.92 Å². The van der Waals surface area contributed by atoms with E-state index in [0.717, 1.165) is 26.1 Å². The average molecular weight is 173 g/mol. The normalized spacial score (nSPS) is 25.2. The summed E-state index contributed by atoms with van der Waals surface area (Å²) in [7, 11) is 0. The molecule has 1 atom stereocenters. The molecule has 12 heavy (non-hydrogen) atoms. The Morgan fingerprint density at radius 2 is 2.08 bits per heavy atom. The maximum absolute atomic E-state index is 8.77. The first-order valence-corrected chi connectivity index (χ1v) is 4.63. The van der Waals surface area contributed by atoms with Gasteiger partial charge in [0.2, 0.25) is 0 Å². The molecule has 1 fully saturated rings. The zero-order valence-corrected chi connectivity index (χ0v) is 7.75. The van der Waals surface area contributed by atoms with E-state index in [4.69, 9.17) is 15.6 Å². The van der Waals surface area contributed by atoms with Crippen LogP contribution >= 0.6 is 0 Å². The van der Waals surface area contributed by atoms with Crippen LogP contribution in [0, 0.1) is 5.41 Å². The molecule has 1 saturated heterocycles. The highest BCUT2D eigenvalue weighted by Crippen LogP contribution is 2.33. The number of hydrogen-bond acceptors (Lipinski definition) is 3. The van der Waals surface area contributed by atoms with Gasteiger partial charge in [-0.05, 0) is 24.7 Å². The van der Waals surface area contributed by atoms with Gasteiger partial charge in [-0.3, -0.25) is 0 Å². The highest BCUT2D eigenvalue weighted by atomic mass is 16.5. The molecule has 3 N–H and O–H groups in total. The Bertz CT molecular complexity index is 132. The summed E-state index contributed by atoms with van der Waals surface area (Å²) in [5.74, 6) is 0. The predicted octanol–water partition coefficient (Wildman–Crippen LogP) is 0.513. The van der Waals surface area contributed by atoms with E-state index in [-0.39, 0.29) is 18.1 Å². The molecule has 72 valence electrons. The number of hydrogen-bond donors (Lipinski definition) is 2. The zero-order valence-electron chi connectivity index (χ0n) is 7.75. The van der Waals surface area contributed by atoms with Crippen LogP contribution in [0.25, 0.3) is 0 Å². The molecular weight excluding hydrogens is 154 g/mol. The molecule has 0 aromatic carbocycles. The van der Waals surface area contributed by atoms with E-state index in [1.165, 1.54) is 0 Å². The van der Waals surface area contributed by atoms with Crippen LogP contribution in [0.3, 0.4) is 0 Å². The Morgan fingerprint density at radius 1 is 1.50 bits per heavy atom. The Hall–Kier alpha value is -0.120. The van der Waals surface area contributed by atoms with Crippen LogP contribution in [0.2, 0.25) is 0 Å². The van der Waals surface area contributed by atoms with E-state index >= 15 is 0 Å². The fourth-order valence-corrected chi connectivity index (χ4v) is 1.70. The zero-order chi connectivity index (χ0) is 9.03. The van der Waals surface area contributed by atoms with Crippen molar-refractivity contribution >= 4 is 0 Å². The van der Waals surface area contributed by atoms with E-state index < -0.39 is 0 Å². The molecule has 3 heteroatoms. The van der Waals surface area contributed by atoms with Gasteiger partial charge in [-0.1, -0.05) is 6.92 Å². The second-order valence-corrected chi connectivity index (χ2v) is 3.89. The van der Waals surface area contributed by atoms with Crippen molar-refractivity contribution in [2.24, 2.45) is 11.1 Å². The van der Waals surface area contributed by atoms with Gasteiger partial charge in [0.15, 0.2) is 0 Å². The first-order valence-electron chi connectivity index (χ1n) is 4.63. The fourth-order valence-electron chi connectivity index (χ4n) is 1.70. The minimum Gasteiger partial charge on any atom is -0.396 e. The lowest BCUT2D eigenvalue weighted by Gasteiger charge is -2.38. The summed E-state index contributed by atoms with van der Waals surface area (Å²) in [5.41, 5.74) is 6.16. The van der Waals surface area contributed by atoms with Crippen molar-refractivity contribution in [3.8, 4) is 0 Å². The lowest BCUT2D eigenvalue weighted by molar-refractivity contribution is 0.00705. The number of aliphatic hydroxyl groups excluding tert-OH is 1. The maximum Gasteiger partial charge on any atom is 0.0471 e. The van der Waals surface area contributed by atoms with Crippen molar-refractivity contribution < 1.29 is 9.84 Å². The summed E-state index contributed by atoms with van der Waals surface area (Å²) in [4.78, 5) is 0. The number of rotatable bonds is 3. The number of nitrogens with two attached hydrogens (primary N) is 1. The second-order valence-electron chi connectivity index (χ2n) is 3.89. The summed E-state index contributed by atoms with van der Waals surface area (Å²) < 4.78 is 5.28. The Morgan fingerprint density at radius 3 is 2.58 bits per heavy atom. The predicted molar refractivity (Wildman–Crippen MR) is 47.8 cm³/mol. The largest absolute Gasteiger partial charge is 0.396 e. The van der Waals surface area contributed by atoms with Crippen molar-refractivity contribution in [3.63, 3.8) is 0 Å². The van der Waals surface area contributed by atoms with Gasteiger partial charge in [-0.15, -0.1) is 0 Å². The first-order chi connectivity index (χ1) is 5.69. The molecule has 0 amide bonds. The van der Waals surface area contributed by atoms with Crippen molar-refractivity contribution in [2.75, 3.05) is 19.8 Å². The van der Waals surface area contributed by atoms with Crippen molar-refractivity contribution in [2.45, 2.75) is 32.2 Å². The molecule has 1 rings (SSSR count). The number of ether oxygens (including phenoxy) is 1. The first kappa shape index (κ1) is 9.96. The van der Waals surface area contributed by atoms with Crippen LogP contribution in [-0.4, -0.2) is 31.0 Å². The van der Waals surface area contributed by atoms with Gasteiger partial charge in [-0.2, -0.15) is 0 Å². The third kappa shape index (κ3) is 2.19. The van der Waals surface area contributed by atoms with Crippen LogP contribution in [0.15, 0.2) is 0 Å². The third-order valence-electron chi connectivity index (χ3n) is 2.97. The van der Waals surface area contributed by atoms with Crippen molar-refractivity contribution in [1.82, 2.24) is 0 Å². The molecule has 1 aliphatic heterocycles. The summed E-state index contributed by atoms with van der Waals surface area (Å²) in [5, 5.41) is 8.77. The van der Waals surface area contributed by atoms with Gasteiger partial charge < -0.3 is 15.6 Å². The molecule has 1 aliphatic rings. The van der Waals surface area contributed by atoms with Crippen molar-refractivity contribution in [3.05, 3.63) is 0 Å². The fraction of sp³-hybridized carbons (Fsp3) is 1.00. The van der Waals surface area contributed by atoms with Crippen LogP contribution in [-0.2, 0) is 4.74 Å². The molecule has 1 heterocycles. The van der Waals surface area contributed by atoms with Crippen molar-refractivity contribution in [1.29, 1.82) is 0 Å². The lowest BCUT2D eigenvalue weighted by Crippen LogP contribution is -2.43. The van der Waals surface area contributed by atoms with Gasteiger partial charge >= 0.3 is 0 Å². The molecule has 3 nitrogen and oxygen atoms in total. The van der Waals surface area contributed by atoms with E-state index in [1.807, 2.05) is 0 Å². The minimum atomic E-state index is 0.117.